The van der Waals surface area contributed by atoms with Crippen LogP contribution in [0.3, 0.4) is 0 Å². The Bertz CT molecular complexity index is 1120. The number of anilines is 1. The second kappa shape index (κ2) is 8.96. The maximum absolute atomic E-state index is 14.1. The number of amides is 2. The average molecular weight is 489 g/mol. The summed E-state index contributed by atoms with van der Waals surface area (Å²) in [6.07, 6.45) is -12.5. The number of nitriles is 1. The zero-order valence-electron chi connectivity index (χ0n) is 18.0. The lowest BCUT2D eigenvalue weighted by molar-refractivity contribution is -0.348. The van der Waals surface area contributed by atoms with Crippen LogP contribution in [0.15, 0.2) is 42.5 Å². The van der Waals surface area contributed by atoms with Gasteiger partial charge in [0.15, 0.2) is 0 Å². The Balaban J connectivity index is 2.37. The molecular weight excluding hydrogens is 471 g/mol. The van der Waals surface area contributed by atoms with Crippen LogP contribution in [0.2, 0.25) is 0 Å². The molecule has 2 rings (SSSR count). The first kappa shape index (κ1) is 26.6. The van der Waals surface area contributed by atoms with Crippen LogP contribution < -0.4 is 10.6 Å². The molecule has 0 heterocycles. The molecule has 182 valence electrons. The highest BCUT2D eigenvalue weighted by Crippen LogP contribution is 2.53. The van der Waals surface area contributed by atoms with Crippen LogP contribution >= 0.6 is 0 Å². The fourth-order valence-corrected chi connectivity index (χ4v) is 3.00. The zero-order valence-corrected chi connectivity index (χ0v) is 18.0. The van der Waals surface area contributed by atoms with E-state index < -0.39 is 40.9 Å². The molecule has 0 aromatic heterocycles. The SMILES string of the molecule is Cc1cccc(C(=O)Nc2ccc(C(F)(C(F)(F)F)C(F)(F)F)cc2)c1C(=O)NC(C)(C)C#N. The number of benzene rings is 2. The van der Waals surface area contributed by atoms with Crippen LogP contribution in [0.5, 0.6) is 0 Å². The van der Waals surface area contributed by atoms with Gasteiger partial charge in [0.2, 0.25) is 0 Å². The molecule has 2 aromatic rings. The minimum absolute atomic E-state index is 0.0862. The summed E-state index contributed by atoms with van der Waals surface area (Å²) >= 11 is 0. The number of carbonyl (C=O) groups is 2. The molecule has 0 aliphatic rings. The van der Waals surface area contributed by atoms with E-state index >= 15 is 0 Å². The summed E-state index contributed by atoms with van der Waals surface area (Å²) in [5.41, 5.74) is -8.70. The van der Waals surface area contributed by atoms with Gasteiger partial charge in [-0.1, -0.05) is 24.3 Å². The van der Waals surface area contributed by atoms with E-state index in [1.54, 1.807) is 0 Å². The highest BCUT2D eigenvalue weighted by Gasteiger charge is 2.73. The summed E-state index contributed by atoms with van der Waals surface area (Å²) in [5, 5.41) is 13.8. The lowest BCUT2D eigenvalue weighted by Gasteiger charge is -2.30. The van der Waals surface area contributed by atoms with E-state index in [0.29, 0.717) is 17.7 Å². The van der Waals surface area contributed by atoms with E-state index in [0.717, 1.165) is 0 Å². The van der Waals surface area contributed by atoms with Crippen molar-refractivity contribution in [2.24, 2.45) is 0 Å². The van der Waals surface area contributed by atoms with Gasteiger partial charge in [-0.25, -0.2) is 4.39 Å². The average Bonchev–Trinajstić information content (AvgIpc) is 2.71. The second-order valence-electron chi connectivity index (χ2n) is 7.87. The molecule has 34 heavy (non-hydrogen) atoms. The summed E-state index contributed by atoms with van der Waals surface area (Å²) in [6, 6.07) is 7.97. The van der Waals surface area contributed by atoms with E-state index in [1.807, 2.05) is 6.07 Å². The van der Waals surface area contributed by atoms with Gasteiger partial charge in [-0.2, -0.15) is 31.6 Å². The van der Waals surface area contributed by atoms with Crippen molar-refractivity contribution in [3.05, 3.63) is 64.7 Å². The lowest BCUT2D eigenvalue weighted by Crippen LogP contribution is -2.50. The monoisotopic (exact) mass is 489 g/mol. The Morgan fingerprint density at radius 1 is 0.853 bits per heavy atom. The molecule has 0 atom stereocenters. The first-order valence-corrected chi connectivity index (χ1v) is 9.52. The molecule has 12 heteroatoms. The van der Waals surface area contributed by atoms with Gasteiger partial charge in [0.05, 0.1) is 17.2 Å². The molecule has 0 spiro atoms. The molecule has 0 aliphatic carbocycles. The number of carbonyl (C=O) groups excluding carboxylic acids is 2. The summed E-state index contributed by atoms with van der Waals surface area (Å²) in [7, 11) is 0. The van der Waals surface area contributed by atoms with E-state index in [9.17, 15) is 40.3 Å². The standard InChI is InChI=1S/C22H18F7N3O2/c1-12-5-4-6-15(16(12)18(34)32-19(2,3)11-30)17(33)31-14-9-7-13(8-10-14)20(23,21(24,25)26)22(27,28)29/h4-10H,1-3H3,(H,31,33)(H,32,34). The molecule has 0 saturated carbocycles. The number of aryl methyl sites for hydroxylation is 1. The van der Waals surface area contributed by atoms with Crippen molar-refractivity contribution < 1.29 is 40.3 Å². The van der Waals surface area contributed by atoms with E-state index in [-0.39, 0.29) is 28.9 Å². The van der Waals surface area contributed by atoms with Crippen molar-refractivity contribution in [2.45, 2.75) is 44.3 Å². The molecule has 0 aliphatic heterocycles. The first-order chi connectivity index (χ1) is 15.4. The molecule has 5 nitrogen and oxygen atoms in total. The molecule has 0 unspecified atom stereocenters. The van der Waals surface area contributed by atoms with Gasteiger partial charge in [-0.15, -0.1) is 0 Å². The minimum Gasteiger partial charge on any atom is -0.334 e. The van der Waals surface area contributed by atoms with Crippen LogP contribution in [-0.2, 0) is 5.67 Å². The Labute approximate surface area is 189 Å². The molecule has 2 N–H and O–H groups in total. The largest absolute Gasteiger partial charge is 0.435 e. The van der Waals surface area contributed by atoms with Crippen molar-refractivity contribution in [3.63, 3.8) is 0 Å². The van der Waals surface area contributed by atoms with Gasteiger partial charge >= 0.3 is 18.0 Å². The van der Waals surface area contributed by atoms with Gasteiger partial charge in [0.25, 0.3) is 11.8 Å². The third kappa shape index (κ3) is 5.13. The fourth-order valence-electron chi connectivity index (χ4n) is 3.00. The van der Waals surface area contributed by atoms with Crippen molar-refractivity contribution >= 4 is 17.5 Å². The highest BCUT2D eigenvalue weighted by atomic mass is 19.4. The summed E-state index contributed by atoms with van der Waals surface area (Å²) < 4.78 is 91.5. The van der Waals surface area contributed by atoms with Gasteiger partial charge < -0.3 is 10.6 Å². The number of hydrogen-bond acceptors (Lipinski definition) is 3. The van der Waals surface area contributed by atoms with Crippen molar-refractivity contribution in [1.29, 1.82) is 5.26 Å². The highest BCUT2D eigenvalue weighted by molar-refractivity contribution is 6.13. The zero-order chi connectivity index (χ0) is 26.1. The van der Waals surface area contributed by atoms with Crippen molar-refractivity contribution in [3.8, 4) is 6.07 Å². The number of rotatable bonds is 5. The van der Waals surface area contributed by atoms with E-state index in [2.05, 4.69) is 10.6 Å². The smallest absolute Gasteiger partial charge is 0.334 e. The van der Waals surface area contributed by atoms with Gasteiger partial charge in [0.1, 0.15) is 5.54 Å². The molecule has 0 fully saturated rings. The first-order valence-electron chi connectivity index (χ1n) is 9.52. The van der Waals surface area contributed by atoms with Crippen LogP contribution in [0, 0.1) is 18.3 Å². The number of alkyl halides is 7. The molecule has 0 radical (unpaired) electrons. The maximum Gasteiger partial charge on any atom is 0.435 e. The Morgan fingerprint density at radius 2 is 1.38 bits per heavy atom. The molecule has 2 aromatic carbocycles. The van der Waals surface area contributed by atoms with Crippen LogP contribution in [0.25, 0.3) is 0 Å². The normalized spacial score (nSPS) is 12.6. The van der Waals surface area contributed by atoms with Crippen LogP contribution in [-0.4, -0.2) is 29.7 Å². The molecular formula is C22H18F7N3O2. The number of hydrogen-bond donors (Lipinski definition) is 2. The fraction of sp³-hybridized carbons (Fsp3) is 0.318. The van der Waals surface area contributed by atoms with Gasteiger partial charge in [-0.3, -0.25) is 9.59 Å². The molecule has 0 saturated heterocycles. The maximum atomic E-state index is 14.1. The number of halogens is 7. The van der Waals surface area contributed by atoms with Crippen molar-refractivity contribution in [2.75, 3.05) is 5.32 Å². The van der Waals surface area contributed by atoms with Gasteiger partial charge in [0, 0.05) is 11.3 Å². The van der Waals surface area contributed by atoms with E-state index in [4.69, 9.17) is 5.26 Å². The second-order valence-corrected chi connectivity index (χ2v) is 7.87. The Hall–Kier alpha value is -3.62. The van der Waals surface area contributed by atoms with Crippen LogP contribution in [0.4, 0.5) is 36.4 Å². The molecule has 0 bridgehead atoms. The topological polar surface area (TPSA) is 82.0 Å². The summed E-state index contributed by atoms with van der Waals surface area (Å²) in [6.45, 7) is 4.38. The summed E-state index contributed by atoms with van der Waals surface area (Å²) in [5.74, 6) is -1.66. The van der Waals surface area contributed by atoms with Crippen LogP contribution in [0.1, 0.15) is 45.7 Å². The Kier molecular flexibility index (Phi) is 7.02. The predicted octanol–water partition coefficient (Wildman–Crippen LogP) is 5.57. The predicted molar refractivity (Wildman–Crippen MR) is 108 cm³/mol. The van der Waals surface area contributed by atoms with Crippen molar-refractivity contribution in [1.82, 2.24) is 5.32 Å². The molecule has 2 amide bonds. The van der Waals surface area contributed by atoms with Gasteiger partial charge in [-0.05, 0) is 44.5 Å². The quantitative estimate of drug-likeness (QED) is 0.539. The minimum atomic E-state index is -6.27. The summed E-state index contributed by atoms with van der Waals surface area (Å²) in [4.78, 5) is 25.4. The third-order valence-electron chi connectivity index (χ3n) is 4.77. The van der Waals surface area contributed by atoms with E-state index in [1.165, 1.54) is 39.0 Å². The Morgan fingerprint density at radius 3 is 1.85 bits per heavy atom. The number of nitrogens with one attached hydrogen (secondary N) is 2. The number of nitrogens with zero attached hydrogens (tertiary/aromatic N) is 1. The lowest BCUT2D eigenvalue weighted by atomic mass is 9.94. The third-order valence-corrected chi connectivity index (χ3v) is 4.77.